The number of halogens is 1. The van der Waals surface area contributed by atoms with Gasteiger partial charge in [0.25, 0.3) is 0 Å². The number of rotatable bonds is 4. The van der Waals surface area contributed by atoms with Crippen LogP contribution in [0.15, 0.2) is 54.6 Å². The van der Waals surface area contributed by atoms with Gasteiger partial charge in [-0.25, -0.2) is 9.07 Å². The van der Waals surface area contributed by atoms with E-state index in [0.717, 1.165) is 30.3 Å². The molecule has 0 bridgehead atoms. The van der Waals surface area contributed by atoms with Crippen molar-refractivity contribution in [3.63, 3.8) is 0 Å². The van der Waals surface area contributed by atoms with Crippen molar-refractivity contribution in [2.75, 3.05) is 13.1 Å². The zero-order valence-corrected chi connectivity index (χ0v) is 16.2. The summed E-state index contributed by atoms with van der Waals surface area (Å²) in [6.07, 6.45) is 2.40. The second kappa shape index (κ2) is 7.74. The van der Waals surface area contributed by atoms with Gasteiger partial charge in [-0.3, -0.25) is 9.47 Å². The predicted molar refractivity (Wildman–Crippen MR) is 108 cm³/mol. The molecule has 1 aromatic heterocycles. The van der Waals surface area contributed by atoms with Gasteiger partial charge in [0.2, 0.25) is 4.77 Å². The first kappa shape index (κ1) is 18.1. The normalized spacial score (nSPS) is 15.9. The van der Waals surface area contributed by atoms with Gasteiger partial charge >= 0.3 is 0 Å². The lowest BCUT2D eigenvalue weighted by Crippen LogP contribution is -2.34. The molecule has 0 N–H and O–H groups in total. The van der Waals surface area contributed by atoms with Gasteiger partial charge < -0.3 is 0 Å². The number of piperidine rings is 1. The van der Waals surface area contributed by atoms with Crippen molar-refractivity contribution < 1.29 is 4.39 Å². The van der Waals surface area contributed by atoms with Gasteiger partial charge in [-0.05, 0) is 55.2 Å². The van der Waals surface area contributed by atoms with Crippen LogP contribution in [-0.4, -0.2) is 32.3 Å². The molecule has 1 saturated heterocycles. The SMILES string of the molecule is CC1CCN(Cn2nc(-c3cccc(F)c3)n(-c3ccccc3)c2=S)CC1. The molecule has 2 heterocycles. The van der Waals surface area contributed by atoms with Crippen molar-refractivity contribution in [2.24, 2.45) is 5.92 Å². The molecular weight excluding hydrogens is 359 g/mol. The minimum absolute atomic E-state index is 0.280. The highest BCUT2D eigenvalue weighted by Crippen LogP contribution is 2.24. The van der Waals surface area contributed by atoms with Crippen LogP contribution >= 0.6 is 12.2 Å². The number of nitrogens with zero attached hydrogens (tertiary/aromatic N) is 4. The predicted octanol–water partition coefficient (Wildman–Crippen LogP) is 4.90. The first-order chi connectivity index (χ1) is 13.1. The second-order valence-corrected chi connectivity index (χ2v) is 7.59. The number of hydrogen-bond acceptors (Lipinski definition) is 3. The average Bonchev–Trinajstić information content (AvgIpc) is 3.01. The van der Waals surface area contributed by atoms with E-state index >= 15 is 0 Å². The lowest BCUT2D eigenvalue weighted by atomic mass is 10.00. The first-order valence-corrected chi connectivity index (χ1v) is 9.76. The van der Waals surface area contributed by atoms with Crippen LogP contribution in [0.25, 0.3) is 17.1 Å². The third kappa shape index (κ3) is 3.87. The van der Waals surface area contributed by atoms with E-state index in [0.29, 0.717) is 17.3 Å². The molecule has 0 spiro atoms. The quantitative estimate of drug-likeness (QED) is 0.601. The number of hydrogen-bond donors (Lipinski definition) is 0. The maximum Gasteiger partial charge on any atom is 0.204 e. The minimum atomic E-state index is -0.280. The fraction of sp³-hybridized carbons (Fsp3) is 0.333. The Kier molecular flexibility index (Phi) is 5.18. The summed E-state index contributed by atoms with van der Waals surface area (Å²) < 4.78 is 18.2. The number of likely N-dealkylation sites (tertiary alicyclic amines) is 1. The van der Waals surface area contributed by atoms with Gasteiger partial charge in [0.1, 0.15) is 5.82 Å². The molecule has 140 valence electrons. The van der Waals surface area contributed by atoms with Crippen LogP contribution in [0.4, 0.5) is 4.39 Å². The lowest BCUT2D eigenvalue weighted by molar-refractivity contribution is 0.146. The van der Waals surface area contributed by atoms with Crippen LogP contribution in [0.3, 0.4) is 0 Å². The smallest absolute Gasteiger partial charge is 0.204 e. The monoisotopic (exact) mass is 382 g/mol. The van der Waals surface area contributed by atoms with E-state index < -0.39 is 0 Å². The molecule has 0 unspecified atom stereocenters. The van der Waals surface area contributed by atoms with Crippen LogP contribution in [0.5, 0.6) is 0 Å². The molecule has 1 fully saturated rings. The number of aromatic nitrogens is 3. The van der Waals surface area contributed by atoms with E-state index in [4.69, 9.17) is 17.3 Å². The molecule has 4 nitrogen and oxygen atoms in total. The average molecular weight is 383 g/mol. The topological polar surface area (TPSA) is 26.0 Å². The van der Waals surface area contributed by atoms with Crippen LogP contribution in [0, 0.1) is 16.5 Å². The van der Waals surface area contributed by atoms with Crippen molar-refractivity contribution in [3.05, 3.63) is 65.2 Å². The molecule has 0 radical (unpaired) electrons. The molecule has 2 aromatic carbocycles. The highest BCUT2D eigenvalue weighted by Gasteiger charge is 2.19. The Morgan fingerprint density at radius 1 is 1.07 bits per heavy atom. The Labute approximate surface area is 163 Å². The Morgan fingerprint density at radius 3 is 2.52 bits per heavy atom. The zero-order valence-electron chi connectivity index (χ0n) is 15.4. The maximum absolute atomic E-state index is 13.8. The van der Waals surface area contributed by atoms with Gasteiger partial charge in [-0.15, -0.1) is 5.10 Å². The fourth-order valence-corrected chi connectivity index (χ4v) is 3.81. The standard InChI is InChI=1S/C21H23FN4S/c1-16-10-12-24(13-11-16)15-25-21(27)26(19-8-3-2-4-9-19)20(23-25)17-6-5-7-18(22)14-17/h2-9,14,16H,10-13,15H2,1H3. The fourth-order valence-electron chi connectivity index (χ4n) is 3.52. The van der Waals surface area contributed by atoms with Crippen molar-refractivity contribution in [1.29, 1.82) is 0 Å². The maximum atomic E-state index is 13.8. The third-order valence-corrected chi connectivity index (χ3v) is 5.54. The molecule has 27 heavy (non-hydrogen) atoms. The summed E-state index contributed by atoms with van der Waals surface area (Å²) in [5.41, 5.74) is 1.65. The van der Waals surface area contributed by atoms with Crippen molar-refractivity contribution in [2.45, 2.75) is 26.4 Å². The molecule has 4 rings (SSSR count). The Hall–Kier alpha value is -2.31. The highest BCUT2D eigenvalue weighted by molar-refractivity contribution is 7.71. The van der Waals surface area contributed by atoms with E-state index in [1.165, 1.54) is 25.0 Å². The summed E-state index contributed by atoms with van der Waals surface area (Å²) in [6, 6.07) is 16.4. The highest BCUT2D eigenvalue weighted by atomic mass is 32.1. The summed E-state index contributed by atoms with van der Waals surface area (Å²) in [6.45, 7) is 5.07. The number of para-hydroxylation sites is 1. The summed E-state index contributed by atoms with van der Waals surface area (Å²) in [5.74, 6) is 1.16. The third-order valence-electron chi connectivity index (χ3n) is 5.15. The Bertz CT molecular complexity index is 971. The van der Waals surface area contributed by atoms with E-state index in [1.807, 2.05) is 45.6 Å². The van der Waals surface area contributed by atoms with Crippen LogP contribution in [-0.2, 0) is 6.67 Å². The molecule has 1 aliphatic rings. The summed E-state index contributed by atoms with van der Waals surface area (Å²) >= 11 is 5.76. The minimum Gasteiger partial charge on any atom is -0.284 e. The van der Waals surface area contributed by atoms with Crippen molar-refractivity contribution in [3.8, 4) is 17.1 Å². The van der Waals surface area contributed by atoms with Gasteiger partial charge in [-0.1, -0.05) is 37.3 Å². The van der Waals surface area contributed by atoms with Gasteiger partial charge in [0.15, 0.2) is 5.82 Å². The number of benzene rings is 2. The van der Waals surface area contributed by atoms with Gasteiger partial charge in [-0.2, -0.15) is 0 Å². The molecule has 6 heteroatoms. The summed E-state index contributed by atoms with van der Waals surface area (Å²) in [5, 5.41) is 4.78. The largest absolute Gasteiger partial charge is 0.284 e. The van der Waals surface area contributed by atoms with Crippen LogP contribution in [0.1, 0.15) is 19.8 Å². The summed E-state index contributed by atoms with van der Waals surface area (Å²) in [7, 11) is 0. The van der Waals surface area contributed by atoms with E-state index in [1.54, 1.807) is 6.07 Å². The molecule has 0 amide bonds. The van der Waals surface area contributed by atoms with Crippen molar-refractivity contribution in [1.82, 2.24) is 19.2 Å². The molecular formula is C21H23FN4S. The van der Waals surface area contributed by atoms with E-state index in [9.17, 15) is 4.39 Å². The molecule has 0 aliphatic carbocycles. The Balaban J connectivity index is 1.76. The summed E-state index contributed by atoms with van der Waals surface area (Å²) in [4.78, 5) is 2.38. The molecule has 3 aromatic rings. The molecule has 0 atom stereocenters. The van der Waals surface area contributed by atoms with E-state index in [-0.39, 0.29) is 5.82 Å². The van der Waals surface area contributed by atoms with Crippen LogP contribution < -0.4 is 0 Å². The first-order valence-electron chi connectivity index (χ1n) is 9.35. The molecule has 1 aliphatic heterocycles. The second-order valence-electron chi connectivity index (χ2n) is 7.23. The molecule has 0 saturated carbocycles. The Morgan fingerprint density at radius 2 is 1.81 bits per heavy atom. The lowest BCUT2D eigenvalue weighted by Gasteiger charge is -2.29. The zero-order chi connectivity index (χ0) is 18.8. The van der Waals surface area contributed by atoms with Crippen LogP contribution in [0.2, 0.25) is 0 Å². The van der Waals surface area contributed by atoms with Gasteiger partial charge in [0, 0.05) is 24.3 Å². The van der Waals surface area contributed by atoms with Gasteiger partial charge in [0.05, 0.1) is 6.67 Å². The van der Waals surface area contributed by atoms with E-state index in [2.05, 4.69) is 11.8 Å². The van der Waals surface area contributed by atoms with Crippen molar-refractivity contribution >= 4 is 12.2 Å².